The van der Waals surface area contributed by atoms with Gasteiger partial charge < -0.3 is 5.32 Å². The van der Waals surface area contributed by atoms with Crippen LogP contribution < -0.4 is 5.32 Å². The normalized spacial score (nSPS) is 20.4. The van der Waals surface area contributed by atoms with Crippen LogP contribution in [0.4, 0.5) is 5.69 Å². The van der Waals surface area contributed by atoms with E-state index < -0.39 is 0 Å². The van der Waals surface area contributed by atoms with Gasteiger partial charge in [-0.2, -0.15) is 5.26 Å². The van der Waals surface area contributed by atoms with Crippen LogP contribution in [-0.4, -0.2) is 6.04 Å². The highest BCUT2D eigenvalue weighted by molar-refractivity contribution is 6.32. The molecule has 3 heteroatoms. The van der Waals surface area contributed by atoms with Gasteiger partial charge in [-0.25, -0.2) is 0 Å². The quantitative estimate of drug-likeness (QED) is 0.876. The van der Waals surface area contributed by atoms with Gasteiger partial charge in [0.25, 0.3) is 0 Å². The lowest BCUT2D eigenvalue weighted by Crippen LogP contribution is -2.34. The Bertz CT molecular complexity index is 697. The molecule has 2 aromatic rings. The van der Waals surface area contributed by atoms with Crippen molar-refractivity contribution >= 4 is 17.3 Å². The minimum Gasteiger partial charge on any atom is -0.382 e. The maximum absolute atomic E-state index is 8.88. The minimum absolute atomic E-state index is 0.485. The average Bonchev–Trinajstić information content (AvgIpc) is 2.44. The lowest BCUT2D eigenvalue weighted by atomic mass is 9.74. The van der Waals surface area contributed by atoms with Crippen LogP contribution >= 0.6 is 11.6 Å². The number of nitrogens with one attached hydrogen (secondary N) is 1. The Morgan fingerprint density at radius 3 is 2.62 bits per heavy atom. The van der Waals surface area contributed by atoms with Crippen molar-refractivity contribution in [3.8, 4) is 6.07 Å². The molecule has 0 saturated heterocycles. The first kappa shape index (κ1) is 14.0. The van der Waals surface area contributed by atoms with Crippen molar-refractivity contribution in [2.45, 2.75) is 31.7 Å². The van der Waals surface area contributed by atoms with Crippen LogP contribution in [0.2, 0.25) is 5.02 Å². The van der Waals surface area contributed by atoms with Gasteiger partial charge in [0.2, 0.25) is 0 Å². The molecule has 0 spiro atoms. The minimum atomic E-state index is 0.485. The second kappa shape index (κ2) is 5.79. The van der Waals surface area contributed by atoms with E-state index in [1.165, 1.54) is 11.1 Å². The van der Waals surface area contributed by atoms with Crippen molar-refractivity contribution in [3.05, 3.63) is 64.2 Å². The molecule has 2 aromatic carbocycles. The fourth-order valence-electron chi connectivity index (χ4n) is 2.97. The maximum atomic E-state index is 8.88. The van der Waals surface area contributed by atoms with Crippen molar-refractivity contribution in [2.24, 2.45) is 0 Å². The number of benzene rings is 2. The number of anilines is 1. The van der Waals surface area contributed by atoms with E-state index in [4.69, 9.17) is 16.9 Å². The number of nitrogens with zero attached hydrogens (tertiary/aromatic N) is 1. The van der Waals surface area contributed by atoms with Crippen LogP contribution in [0.1, 0.15) is 35.4 Å². The summed E-state index contributed by atoms with van der Waals surface area (Å²) in [7, 11) is 0. The van der Waals surface area contributed by atoms with Crippen LogP contribution in [0.5, 0.6) is 0 Å². The van der Waals surface area contributed by atoms with Crippen molar-refractivity contribution in [1.29, 1.82) is 5.26 Å². The largest absolute Gasteiger partial charge is 0.382 e. The smallest absolute Gasteiger partial charge is 0.101 e. The number of halogens is 1. The van der Waals surface area contributed by atoms with Gasteiger partial charge in [-0.3, -0.25) is 0 Å². The molecule has 1 fully saturated rings. The highest BCUT2D eigenvalue weighted by Crippen LogP contribution is 2.39. The van der Waals surface area contributed by atoms with Crippen molar-refractivity contribution in [1.82, 2.24) is 0 Å². The summed E-state index contributed by atoms with van der Waals surface area (Å²) in [6.07, 6.45) is 2.28. The number of hydrogen-bond donors (Lipinski definition) is 1. The highest BCUT2D eigenvalue weighted by atomic mass is 35.5. The van der Waals surface area contributed by atoms with Crippen LogP contribution in [0.25, 0.3) is 0 Å². The van der Waals surface area contributed by atoms with E-state index in [1.807, 2.05) is 12.1 Å². The second-order valence-corrected chi connectivity index (χ2v) is 6.08. The summed E-state index contributed by atoms with van der Waals surface area (Å²) in [6, 6.07) is 16.7. The zero-order chi connectivity index (χ0) is 14.8. The third-order valence-corrected chi connectivity index (χ3v) is 4.54. The fraction of sp³-hybridized carbons (Fsp3) is 0.278. The molecular weight excluding hydrogens is 280 g/mol. The summed E-state index contributed by atoms with van der Waals surface area (Å²) in [5.41, 5.74) is 4.36. The zero-order valence-corrected chi connectivity index (χ0v) is 12.7. The highest BCUT2D eigenvalue weighted by Gasteiger charge is 2.30. The summed E-state index contributed by atoms with van der Waals surface area (Å²) >= 11 is 6.06. The summed E-state index contributed by atoms with van der Waals surface area (Å²) in [5.74, 6) is 0.651. The summed E-state index contributed by atoms with van der Waals surface area (Å²) in [5, 5.41) is 12.9. The van der Waals surface area contributed by atoms with E-state index in [0.29, 0.717) is 22.5 Å². The molecule has 2 nitrogen and oxygen atoms in total. The molecule has 1 saturated carbocycles. The Kier molecular flexibility index (Phi) is 3.86. The molecule has 0 aliphatic heterocycles. The molecule has 0 heterocycles. The molecule has 0 unspecified atom stereocenters. The first-order chi connectivity index (χ1) is 10.2. The molecule has 1 aliphatic carbocycles. The molecule has 0 bridgehead atoms. The Balaban J connectivity index is 1.62. The Morgan fingerprint density at radius 2 is 1.95 bits per heavy atom. The zero-order valence-electron chi connectivity index (χ0n) is 11.9. The third-order valence-electron chi connectivity index (χ3n) is 4.23. The van der Waals surface area contributed by atoms with Crippen LogP contribution in [-0.2, 0) is 0 Å². The molecule has 0 radical (unpaired) electrons. The van der Waals surface area contributed by atoms with E-state index >= 15 is 0 Å². The number of hydrogen-bond acceptors (Lipinski definition) is 2. The lowest BCUT2D eigenvalue weighted by Gasteiger charge is -2.37. The Hall–Kier alpha value is -1.98. The predicted molar refractivity (Wildman–Crippen MR) is 86.7 cm³/mol. The number of nitriles is 1. The van der Waals surface area contributed by atoms with E-state index in [0.717, 1.165) is 18.5 Å². The van der Waals surface area contributed by atoms with Crippen molar-refractivity contribution in [3.63, 3.8) is 0 Å². The van der Waals surface area contributed by atoms with Gasteiger partial charge in [0.15, 0.2) is 0 Å². The summed E-state index contributed by atoms with van der Waals surface area (Å²) < 4.78 is 0. The van der Waals surface area contributed by atoms with Crippen LogP contribution in [0, 0.1) is 18.3 Å². The van der Waals surface area contributed by atoms with Gasteiger partial charge >= 0.3 is 0 Å². The summed E-state index contributed by atoms with van der Waals surface area (Å²) in [6.45, 7) is 2.18. The lowest BCUT2D eigenvalue weighted by molar-refractivity contribution is 0.373. The molecule has 21 heavy (non-hydrogen) atoms. The van der Waals surface area contributed by atoms with Gasteiger partial charge in [0.1, 0.15) is 6.07 Å². The molecule has 3 rings (SSSR count). The average molecular weight is 297 g/mol. The molecule has 106 valence electrons. The van der Waals surface area contributed by atoms with Gasteiger partial charge in [0.05, 0.1) is 10.6 Å². The molecule has 0 aromatic heterocycles. The van der Waals surface area contributed by atoms with Crippen LogP contribution in [0.3, 0.4) is 0 Å². The van der Waals surface area contributed by atoms with E-state index in [1.54, 1.807) is 6.07 Å². The molecule has 0 amide bonds. The van der Waals surface area contributed by atoms with Gasteiger partial charge in [0, 0.05) is 11.7 Å². The fourth-order valence-corrected chi connectivity index (χ4v) is 3.19. The topological polar surface area (TPSA) is 35.8 Å². The standard InChI is InChI=1S/C18H17ClN2/c1-12-4-2-3-5-17(12)14-8-16(9-14)21-15-7-6-13(11-20)18(19)10-15/h2-7,10,14,16,21H,8-9H2,1H3. The predicted octanol–water partition coefficient (Wildman–Crippen LogP) is 4.88. The van der Waals surface area contributed by atoms with Crippen molar-refractivity contribution in [2.75, 3.05) is 5.32 Å². The third kappa shape index (κ3) is 2.89. The van der Waals surface area contributed by atoms with Gasteiger partial charge in [-0.15, -0.1) is 0 Å². The first-order valence-electron chi connectivity index (χ1n) is 7.19. The Labute approximate surface area is 130 Å². The SMILES string of the molecule is Cc1ccccc1C1CC(Nc2ccc(C#N)c(Cl)c2)C1. The first-order valence-corrected chi connectivity index (χ1v) is 7.57. The van der Waals surface area contributed by atoms with Gasteiger partial charge in [-0.1, -0.05) is 35.9 Å². The van der Waals surface area contributed by atoms with Gasteiger partial charge in [-0.05, 0) is 55.0 Å². The van der Waals surface area contributed by atoms with E-state index in [2.05, 4.69) is 42.6 Å². The molecular formula is C18H17ClN2. The maximum Gasteiger partial charge on any atom is 0.101 e. The molecule has 1 N–H and O–H groups in total. The Morgan fingerprint density at radius 1 is 1.19 bits per heavy atom. The molecule has 1 aliphatic rings. The molecule has 0 atom stereocenters. The van der Waals surface area contributed by atoms with Crippen molar-refractivity contribution < 1.29 is 0 Å². The summed E-state index contributed by atoms with van der Waals surface area (Å²) in [4.78, 5) is 0. The number of aryl methyl sites for hydroxylation is 1. The van der Waals surface area contributed by atoms with Crippen LogP contribution in [0.15, 0.2) is 42.5 Å². The monoisotopic (exact) mass is 296 g/mol. The number of rotatable bonds is 3. The van der Waals surface area contributed by atoms with E-state index in [-0.39, 0.29) is 0 Å². The second-order valence-electron chi connectivity index (χ2n) is 5.67. The van der Waals surface area contributed by atoms with E-state index in [9.17, 15) is 0 Å².